The molecule has 0 aliphatic carbocycles. The van der Waals surface area contributed by atoms with Crippen molar-refractivity contribution in [2.24, 2.45) is 0 Å². The number of benzene rings is 1. The van der Waals surface area contributed by atoms with Crippen molar-refractivity contribution in [3.05, 3.63) is 53.5 Å². The summed E-state index contributed by atoms with van der Waals surface area (Å²) in [6.45, 7) is 4.06. The van der Waals surface area contributed by atoms with Gasteiger partial charge in [0.2, 0.25) is 0 Å². The summed E-state index contributed by atoms with van der Waals surface area (Å²) in [7, 11) is 0. The number of rotatable bonds is 4. The van der Waals surface area contributed by atoms with Crippen LogP contribution in [-0.2, 0) is 6.54 Å². The number of anilines is 1. The highest BCUT2D eigenvalue weighted by Crippen LogP contribution is 2.26. The third-order valence-corrected chi connectivity index (χ3v) is 3.21. The molecule has 7 nitrogen and oxygen atoms in total. The second kappa shape index (κ2) is 6.35. The summed E-state index contributed by atoms with van der Waals surface area (Å²) in [6, 6.07) is 11.0. The van der Waals surface area contributed by atoms with Crippen molar-refractivity contribution in [2.75, 3.05) is 5.32 Å². The van der Waals surface area contributed by atoms with Crippen LogP contribution in [0.25, 0.3) is 11.5 Å². The SMILES string of the molecule is Cc1cc(-c2nnc(NC(=O)NCc3ccccc3)o2)c(C)o1. The van der Waals surface area contributed by atoms with Gasteiger partial charge in [-0.3, -0.25) is 5.32 Å². The van der Waals surface area contributed by atoms with E-state index in [9.17, 15) is 4.79 Å². The number of carbonyl (C=O) groups excluding carboxylic acids is 1. The number of furan rings is 1. The second-order valence-corrected chi connectivity index (χ2v) is 5.03. The van der Waals surface area contributed by atoms with Crippen molar-refractivity contribution in [1.29, 1.82) is 0 Å². The molecule has 1 aromatic carbocycles. The molecule has 23 heavy (non-hydrogen) atoms. The van der Waals surface area contributed by atoms with E-state index in [1.54, 1.807) is 0 Å². The zero-order valence-corrected chi connectivity index (χ0v) is 12.8. The monoisotopic (exact) mass is 312 g/mol. The molecule has 0 bridgehead atoms. The van der Waals surface area contributed by atoms with Gasteiger partial charge in [-0.1, -0.05) is 35.4 Å². The van der Waals surface area contributed by atoms with E-state index in [0.29, 0.717) is 23.8 Å². The van der Waals surface area contributed by atoms with Crippen LogP contribution in [0.4, 0.5) is 10.8 Å². The summed E-state index contributed by atoms with van der Waals surface area (Å²) in [4.78, 5) is 11.8. The molecule has 0 radical (unpaired) electrons. The van der Waals surface area contributed by atoms with Crippen LogP contribution in [0.1, 0.15) is 17.1 Å². The molecule has 2 amide bonds. The van der Waals surface area contributed by atoms with E-state index >= 15 is 0 Å². The molecule has 0 atom stereocenters. The van der Waals surface area contributed by atoms with Gasteiger partial charge in [0.15, 0.2) is 0 Å². The Labute approximate surface area is 132 Å². The maximum Gasteiger partial charge on any atom is 0.324 e. The van der Waals surface area contributed by atoms with E-state index in [4.69, 9.17) is 8.83 Å². The van der Waals surface area contributed by atoms with Gasteiger partial charge in [0.05, 0.1) is 5.56 Å². The predicted molar refractivity (Wildman–Crippen MR) is 83.8 cm³/mol. The molecule has 118 valence electrons. The van der Waals surface area contributed by atoms with E-state index in [0.717, 1.165) is 11.3 Å². The second-order valence-electron chi connectivity index (χ2n) is 5.03. The number of hydrogen-bond acceptors (Lipinski definition) is 5. The van der Waals surface area contributed by atoms with Crippen LogP contribution in [0, 0.1) is 13.8 Å². The smallest absolute Gasteiger partial charge is 0.324 e. The average molecular weight is 312 g/mol. The molecule has 0 spiro atoms. The van der Waals surface area contributed by atoms with Gasteiger partial charge in [-0.2, -0.15) is 0 Å². The van der Waals surface area contributed by atoms with Crippen molar-refractivity contribution in [1.82, 2.24) is 15.5 Å². The van der Waals surface area contributed by atoms with Gasteiger partial charge in [-0.05, 0) is 25.5 Å². The maximum atomic E-state index is 11.8. The molecule has 0 saturated heterocycles. The van der Waals surface area contributed by atoms with Crippen molar-refractivity contribution in [2.45, 2.75) is 20.4 Å². The van der Waals surface area contributed by atoms with Crippen molar-refractivity contribution in [3.8, 4) is 11.5 Å². The van der Waals surface area contributed by atoms with Crippen LogP contribution >= 0.6 is 0 Å². The molecule has 2 N–H and O–H groups in total. The van der Waals surface area contributed by atoms with E-state index in [1.807, 2.05) is 50.2 Å². The van der Waals surface area contributed by atoms with E-state index < -0.39 is 6.03 Å². The van der Waals surface area contributed by atoms with Crippen LogP contribution in [0.5, 0.6) is 0 Å². The Balaban J connectivity index is 1.60. The molecule has 2 aromatic heterocycles. The lowest BCUT2D eigenvalue weighted by molar-refractivity contribution is 0.251. The Morgan fingerprint density at radius 2 is 1.91 bits per heavy atom. The molecule has 2 heterocycles. The van der Waals surface area contributed by atoms with Crippen molar-refractivity contribution in [3.63, 3.8) is 0 Å². The Morgan fingerprint density at radius 3 is 2.61 bits per heavy atom. The van der Waals surface area contributed by atoms with E-state index in [1.165, 1.54) is 0 Å². The largest absolute Gasteiger partial charge is 0.466 e. The van der Waals surface area contributed by atoms with Crippen molar-refractivity contribution < 1.29 is 13.6 Å². The zero-order chi connectivity index (χ0) is 16.2. The average Bonchev–Trinajstić information content (AvgIpc) is 3.12. The molecule has 0 aliphatic heterocycles. The summed E-state index contributed by atoms with van der Waals surface area (Å²) in [6.07, 6.45) is 0. The summed E-state index contributed by atoms with van der Waals surface area (Å²) in [5.41, 5.74) is 1.71. The van der Waals surface area contributed by atoms with E-state index in [-0.39, 0.29) is 6.01 Å². The normalized spacial score (nSPS) is 10.5. The fourth-order valence-electron chi connectivity index (χ4n) is 2.15. The number of carbonyl (C=O) groups is 1. The molecule has 3 aromatic rings. The lowest BCUT2D eigenvalue weighted by Gasteiger charge is -2.04. The fraction of sp³-hybridized carbons (Fsp3) is 0.188. The molecule has 0 saturated carbocycles. The Kier molecular flexibility index (Phi) is 4.09. The van der Waals surface area contributed by atoms with Gasteiger partial charge in [0.25, 0.3) is 5.89 Å². The highest BCUT2D eigenvalue weighted by atomic mass is 16.4. The van der Waals surface area contributed by atoms with E-state index in [2.05, 4.69) is 20.8 Å². The van der Waals surface area contributed by atoms with Crippen molar-refractivity contribution >= 4 is 12.0 Å². The van der Waals surface area contributed by atoms with Crippen LogP contribution in [0.15, 0.2) is 45.2 Å². The van der Waals surface area contributed by atoms with Gasteiger partial charge in [-0.15, -0.1) is 5.10 Å². The highest BCUT2D eigenvalue weighted by molar-refractivity contribution is 5.86. The van der Waals surface area contributed by atoms with Gasteiger partial charge < -0.3 is 14.2 Å². The van der Waals surface area contributed by atoms with Gasteiger partial charge in [-0.25, -0.2) is 4.79 Å². The first-order valence-electron chi connectivity index (χ1n) is 7.11. The first-order chi connectivity index (χ1) is 11.1. The Morgan fingerprint density at radius 1 is 1.13 bits per heavy atom. The molecule has 0 aliphatic rings. The quantitative estimate of drug-likeness (QED) is 0.771. The number of hydrogen-bond donors (Lipinski definition) is 2. The third-order valence-electron chi connectivity index (χ3n) is 3.21. The van der Waals surface area contributed by atoms with Gasteiger partial charge in [0, 0.05) is 6.54 Å². The number of nitrogens with zero attached hydrogens (tertiary/aromatic N) is 2. The first kappa shape index (κ1) is 14.8. The topological polar surface area (TPSA) is 93.2 Å². The summed E-state index contributed by atoms with van der Waals surface area (Å²) in [5, 5.41) is 12.9. The summed E-state index contributed by atoms with van der Waals surface area (Å²) < 4.78 is 10.9. The minimum Gasteiger partial charge on any atom is -0.466 e. The summed E-state index contributed by atoms with van der Waals surface area (Å²) >= 11 is 0. The molecule has 3 rings (SSSR count). The standard InChI is InChI=1S/C16H16N4O3/c1-10-8-13(11(2)22-10)14-19-20-16(23-14)18-15(21)17-9-12-6-4-3-5-7-12/h3-8H,9H2,1-2H3,(H2,17,18,20,21). The van der Waals surface area contributed by atoms with Gasteiger partial charge in [0.1, 0.15) is 11.5 Å². The number of nitrogens with one attached hydrogen (secondary N) is 2. The predicted octanol–water partition coefficient (Wildman–Crippen LogP) is 3.27. The highest BCUT2D eigenvalue weighted by Gasteiger charge is 2.15. The lowest BCUT2D eigenvalue weighted by Crippen LogP contribution is -2.28. The van der Waals surface area contributed by atoms with Crippen LogP contribution in [0.3, 0.4) is 0 Å². The minimum atomic E-state index is -0.413. The molecular weight excluding hydrogens is 296 g/mol. The number of aryl methyl sites for hydroxylation is 2. The van der Waals surface area contributed by atoms with Crippen LogP contribution in [0.2, 0.25) is 0 Å². The minimum absolute atomic E-state index is 0.0313. The zero-order valence-electron chi connectivity index (χ0n) is 12.8. The molecular formula is C16H16N4O3. The van der Waals surface area contributed by atoms with Crippen LogP contribution in [-0.4, -0.2) is 16.2 Å². The summed E-state index contributed by atoms with van der Waals surface area (Å²) in [5.74, 6) is 1.75. The molecule has 0 unspecified atom stereocenters. The number of amides is 2. The third kappa shape index (κ3) is 3.57. The lowest BCUT2D eigenvalue weighted by atomic mass is 10.2. The number of aromatic nitrogens is 2. The first-order valence-corrected chi connectivity index (χ1v) is 7.11. The van der Waals surface area contributed by atoms with Gasteiger partial charge >= 0.3 is 12.0 Å². The van der Waals surface area contributed by atoms with Crippen LogP contribution < -0.4 is 10.6 Å². The maximum absolute atomic E-state index is 11.8. The Hall–Kier alpha value is -3.09. The molecule has 7 heteroatoms. The fourth-order valence-corrected chi connectivity index (χ4v) is 2.15. The Bertz CT molecular complexity index is 808. The molecule has 0 fully saturated rings. The number of urea groups is 1.